The molecule has 0 aliphatic carbocycles. The fraction of sp³-hybridized carbons (Fsp3) is 0.533. The second-order valence-corrected chi connectivity index (χ2v) is 4.83. The number of carbonyl (C=O) groups is 1. The fourth-order valence-corrected chi connectivity index (χ4v) is 2.30. The normalized spacial score (nSPS) is 18.1. The molecule has 104 valence electrons. The van der Waals surface area contributed by atoms with Gasteiger partial charge in [0, 0.05) is 26.2 Å². The van der Waals surface area contributed by atoms with E-state index in [9.17, 15) is 4.79 Å². The van der Waals surface area contributed by atoms with Gasteiger partial charge in [0.15, 0.2) is 6.10 Å². The SMILES string of the molecule is CCN1CCN(C(=O)[C@@H](C)Oc2ccccc2)CC1. The summed E-state index contributed by atoms with van der Waals surface area (Å²) in [5.74, 6) is 0.829. The lowest BCUT2D eigenvalue weighted by Gasteiger charge is -2.35. The smallest absolute Gasteiger partial charge is 0.263 e. The fourth-order valence-electron chi connectivity index (χ4n) is 2.30. The van der Waals surface area contributed by atoms with Crippen LogP contribution in [0.2, 0.25) is 0 Å². The summed E-state index contributed by atoms with van der Waals surface area (Å²) in [4.78, 5) is 16.5. The van der Waals surface area contributed by atoms with Gasteiger partial charge in [-0.05, 0) is 25.6 Å². The second-order valence-electron chi connectivity index (χ2n) is 4.83. The zero-order valence-corrected chi connectivity index (χ0v) is 11.7. The van der Waals surface area contributed by atoms with Crippen LogP contribution in [0.5, 0.6) is 5.75 Å². The van der Waals surface area contributed by atoms with Crippen LogP contribution >= 0.6 is 0 Å². The quantitative estimate of drug-likeness (QED) is 0.826. The lowest BCUT2D eigenvalue weighted by Crippen LogP contribution is -2.51. The van der Waals surface area contributed by atoms with E-state index >= 15 is 0 Å². The molecule has 1 amide bonds. The van der Waals surface area contributed by atoms with E-state index in [0.29, 0.717) is 0 Å². The van der Waals surface area contributed by atoms with Crippen molar-refractivity contribution in [1.29, 1.82) is 0 Å². The van der Waals surface area contributed by atoms with Crippen molar-refractivity contribution < 1.29 is 9.53 Å². The van der Waals surface area contributed by atoms with Crippen LogP contribution in [0, 0.1) is 0 Å². The number of amides is 1. The maximum Gasteiger partial charge on any atom is 0.263 e. The average molecular weight is 262 g/mol. The molecule has 0 N–H and O–H groups in total. The maximum atomic E-state index is 12.3. The summed E-state index contributed by atoms with van der Waals surface area (Å²) in [6.07, 6.45) is -0.421. The molecule has 0 saturated carbocycles. The number of benzene rings is 1. The number of carbonyl (C=O) groups excluding carboxylic acids is 1. The Labute approximate surface area is 115 Å². The van der Waals surface area contributed by atoms with E-state index in [2.05, 4.69) is 11.8 Å². The van der Waals surface area contributed by atoms with E-state index in [1.807, 2.05) is 42.2 Å². The zero-order valence-electron chi connectivity index (χ0n) is 11.7. The third-order valence-corrected chi connectivity index (χ3v) is 3.54. The molecule has 1 aliphatic heterocycles. The van der Waals surface area contributed by atoms with Crippen LogP contribution in [0.3, 0.4) is 0 Å². The molecule has 4 nitrogen and oxygen atoms in total. The first-order chi connectivity index (χ1) is 9.20. The molecule has 0 spiro atoms. The summed E-state index contributed by atoms with van der Waals surface area (Å²) >= 11 is 0. The van der Waals surface area contributed by atoms with Crippen molar-refractivity contribution in [2.24, 2.45) is 0 Å². The zero-order chi connectivity index (χ0) is 13.7. The molecule has 4 heteroatoms. The molecule has 1 atom stereocenters. The van der Waals surface area contributed by atoms with Crippen LogP contribution < -0.4 is 4.74 Å². The van der Waals surface area contributed by atoms with E-state index < -0.39 is 6.10 Å². The predicted molar refractivity (Wildman–Crippen MR) is 75.2 cm³/mol. The topological polar surface area (TPSA) is 32.8 Å². The van der Waals surface area contributed by atoms with Crippen molar-refractivity contribution in [3.05, 3.63) is 30.3 Å². The van der Waals surface area contributed by atoms with Gasteiger partial charge in [0.1, 0.15) is 5.75 Å². The Bertz CT molecular complexity index is 400. The number of hydrogen-bond donors (Lipinski definition) is 0. The van der Waals surface area contributed by atoms with Crippen molar-refractivity contribution in [2.75, 3.05) is 32.7 Å². The van der Waals surface area contributed by atoms with Crippen LogP contribution in [0.1, 0.15) is 13.8 Å². The van der Waals surface area contributed by atoms with Crippen LogP contribution in [-0.4, -0.2) is 54.5 Å². The average Bonchev–Trinajstić information content (AvgIpc) is 2.47. The Hall–Kier alpha value is -1.55. The molecule has 0 radical (unpaired) electrons. The summed E-state index contributed by atoms with van der Waals surface area (Å²) in [7, 11) is 0. The highest BCUT2D eigenvalue weighted by Gasteiger charge is 2.25. The van der Waals surface area contributed by atoms with Gasteiger partial charge in [0.05, 0.1) is 0 Å². The Morgan fingerprint density at radius 2 is 1.84 bits per heavy atom. The number of para-hydroxylation sites is 1. The van der Waals surface area contributed by atoms with Gasteiger partial charge in [-0.1, -0.05) is 25.1 Å². The standard InChI is InChI=1S/C15H22N2O2/c1-3-16-9-11-17(12-10-16)15(18)13(2)19-14-7-5-4-6-8-14/h4-8,13H,3,9-12H2,1-2H3/t13-/m1/s1. The maximum absolute atomic E-state index is 12.3. The molecule has 0 aromatic heterocycles. The van der Waals surface area contributed by atoms with E-state index in [0.717, 1.165) is 38.5 Å². The van der Waals surface area contributed by atoms with Crippen LogP contribution in [0.15, 0.2) is 30.3 Å². The molecular weight excluding hydrogens is 240 g/mol. The van der Waals surface area contributed by atoms with Crippen molar-refractivity contribution >= 4 is 5.91 Å². The van der Waals surface area contributed by atoms with Gasteiger partial charge < -0.3 is 14.5 Å². The van der Waals surface area contributed by atoms with E-state index in [4.69, 9.17) is 4.74 Å². The van der Waals surface area contributed by atoms with Gasteiger partial charge in [-0.2, -0.15) is 0 Å². The lowest BCUT2D eigenvalue weighted by atomic mass is 10.2. The lowest BCUT2D eigenvalue weighted by molar-refractivity contribution is -0.139. The molecule has 1 aliphatic rings. The predicted octanol–water partition coefficient (Wildman–Crippen LogP) is 1.62. The summed E-state index contributed by atoms with van der Waals surface area (Å²) in [5, 5.41) is 0. The van der Waals surface area contributed by atoms with Crippen LogP contribution in [0.4, 0.5) is 0 Å². The van der Waals surface area contributed by atoms with Crippen LogP contribution in [-0.2, 0) is 4.79 Å². The highest BCUT2D eigenvalue weighted by molar-refractivity contribution is 5.81. The Morgan fingerprint density at radius 3 is 2.42 bits per heavy atom. The second kappa shape index (κ2) is 6.57. The number of piperazine rings is 1. The van der Waals surface area contributed by atoms with Gasteiger partial charge in [-0.3, -0.25) is 4.79 Å². The van der Waals surface area contributed by atoms with E-state index in [1.165, 1.54) is 0 Å². The van der Waals surface area contributed by atoms with E-state index in [-0.39, 0.29) is 5.91 Å². The monoisotopic (exact) mass is 262 g/mol. The molecule has 19 heavy (non-hydrogen) atoms. The molecule has 1 heterocycles. The van der Waals surface area contributed by atoms with Crippen molar-refractivity contribution in [1.82, 2.24) is 9.80 Å². The first-order valence-electron chi connectivity index (χ1n) is 6.93. The molecule has 1 aromatic rings. The first-order valence-corrected chi connectivity index (χ1v) is 6.93. The number of nitrogens with zero attached hydrogens (tertiary/aromatic N) is 2. The molecular formula is C15H22N2O2. The van der Waals surface area contributed by atoms with Gasteiger partial charge >= 0.3 is 0 Å². The first kappa shape index (κ1) is 13.9. The Balaban J connectivity index is 1.86. The third kappa shape index (κ3) is 3.70. The number of ether oxygens (including phenoxy) is 1. The molecule has 0 bridgehead atoms. The Kier molecular flexibility index (Phi) is 4.80. The van der Waals surface area contributed by atoms with Crippen molar-refractivity contribution in [3.63, 3.8) is 0 Å². The van der Waals surface area contributed by atoms with Crippen molar-refractivity contribution in [2.45, 2.75) is 20.0 Å². The minimum Gasteiger partial charge on any atom is -0.481 e. The highest BCUT2D eigenvalue weighted by atomic mass is 16.5. The van der Waals surface area contributed by atoms with E-state index in [1.54, 1.807) is 0 Å². The molecule has 1 fully saturated rings. The van der Waals surface area contributed by atoms with Crippen molar-refractivity contribution in [3.8, 4) is 5.75 Å². The largest absolute Gasteiger partial charge is 0.481 e. The molecule has 0 unspecified atom stereocenters. The highest BCUT2D eigenvalue weighted by Crippen LogP contribution is 2.13. The minimum atomic E-state index is -0.421. The van der Waals surface area contributed by atoms with Gasteiger partial charge in [0.2, 0.25) is 0 Å². The minimum absolute atomic E-state index is 0.0830. The summed E-state index contributed by atoms with van der Waals surface area (Å²) in [5.41, 5.74) is 0. The Morgan fingerprint density at radius 1 is 1.21 bits per heavy atom. The van der Waals surface area contributed by atoms with Crippen LogP contribution in [0.25, 0.3) is 0 Å². The number of hydrogen-bond acceptors (Lipinski definition) is 3. The van der Waals surface area contributed by atoms with Gasteiger partial charge in [-0.25, -0.2) is 0 Å². The summed E-state index contributed by atoms with van der Waals surface area (Å²) < 4.78 is 5.68. The summed E-state index contributed by atoms with van der Waals surface area (Å²) in [6, 6.07) is 9.50. The molecule has 1 aromatic carbocycles. The third-order valence-electron chi connectivity index (χ3n) is 3.54. The molecule has 2 rings (SSSR count). The summed E-state index contributed by atoms with van der Waals surface area (Å²) in [6.45, 7) is 8.54. The van der Waals surface area contributed by atoms with Gasteiger partial charge in [-0.15, -0.1) is 0 Å². The number of rotatable bonds is 4. The molecule has 1 saturated heterocycles. The number of likely N-dealkylation sites (N-methyl/N-ethyl adjacent to an activating group) is 1. The van der Waals surface area contributed by atoms with Gasteiger partial charge in [0.25, 0.3) is 5.91 Å².